The van der Waals surface area contributed by atoms with Gasteiger partial charge in [-0.15, -0.1) is 0 Å². The molecule has 4 heteroatoms. The second kappa shape index (κ2) is 7.92. The number of rotatable bonds is 8. The van der Waals surface area contributed by atoms with Gasteiger partial charge in [-0.3, -0.25) is 9.69 Å². The van der Waals surface area contributed by atoms with Crippen molar-refractivity contribution in [2.75, 3.05) is 33.9 Å². The van der Waals surface area contributed by atoms with Gasteiger partial charge in [0, 0.05) is 31.3 Å². The SMILES string of the molecule is CCOc1ccc(C(C)=O)cc1CN(C)CCOC. The van der Waals surface area contributed by atoms with Crippen LogP contribution in [0.4, 0.5) is 0 Å². The summed E-state index contributed by atoms with van der Waals surface area (Å²) in [6.45, 7) is 6.42. The van der Waals surface area contributed by atoms with Crippen LogP contribution < -0.4 is 4.74 Å². The molecule has 106 valence electrons. The topological polar surface area (TPSA) is 38.8 Å². The van der Waals surface area contributed by atoms with Crippen molar-refractivity contribution in [2.24, 2.45) is 0 Å². The van der Waals surface area contributed by atoms with E-state index in [4.69, 9.17) is 9.47 Å². The fourth-order valence-electron chi connectivity index (χ4n) is 1.84. The smallest absolute Gasteiger partial charge is 0.159 e. The lowest BCUT2D eigenvalue weighted by atomic mass is 10.1. The summed E-state index contributed by atoms with van der Waals surface area (Å²) >= 11 is 0. The Labute approximate surface area is 115 Å². The maximum Gasteiger partial charge on any atom is 0.159 e. The Balaban J connectivity index is 2.87. The van der Waals surface area contributed by atoms with Crippen LogP contribution in [0, 0.1) is 0 Å². The second-order valence-corrected chi connectivity index (χ2v) is 4.54. The maximum atomic E-state index is 11.5. The van der Waals surface area contributed by atoms with Gasteiger partial charge in [-0.25, -0.2) is 0 Å². The van der Waals surface area contributed by atoms with Crippen molar-refractivity contribution in [3.8, 4) is 5.75 Å². The summed E-state index contributed by atoms with van der Waals surface area (Å²) in [4.78, 5) is 13.6. The van der Waals surface area contributed by atoms with Crippen LogP contribution in [0.3, 0.4) is 0 Å². The van der Waals surface area contributed by atoms with E-state index in [0.29, 0.717) is 13.2 Å². The molecule has 0 atom stereocenters. The van der Waals surface area contributed by atoms with E-state index in [1.165, 1.54) is 0 Å². The standard InChI is InChI=1S/C15H23NO3/c1-5-19-15-7-6-13(12(2)17)10-14(15)11-16(3)8-9-18-4/h6-7,10H,5,8-9,11H2,1-4H3. The molecule has 0 radical (unpaired) electrons. The van der Waals surface area contributed by atoms with Gasteiger partial charge < -0.3 is 9.47 Å². The van der Waals surface area contributed by atoms with Crippen molar-refractivity contribution in [3.05, 3.63) is 29.3 Å². The Bertz CT molecular complexity index is 418. The Kier molecular flexibility index (Phi) is 6.53. The number of ether oxygens (including phenoxy) is 2. The lowest BCUT2D eigenvalue weighted by molar-refractivity contribution is 0.101. The van der Waals surface area contributed by atoms with Gasteiger partial charge in [0.05, 0.1) is 13.2 Å². The molecule has 0 aliphatic rings. The first-order valence-corrected chi connectivity index (χ1v) is 6.52. The predicted octanol–water partition coefficient (Wildman–Crippen LogP) is 2.37. The van der Waals surface area contributed by atoms with E-state index in [0.717, 1.165) is 30.0 Å². The molecule has 0 saturated carbocycles. The van der Waals surface area contributed by atoms with E-state index in [1.807, 2.05) is 32.2 Å². The van der Waals surface area contributed by atoms with Crippen molar-refractivity contribution in [1.82, 2.24) is 4.90 Å². The van der Waals surface area contributed by atoms with Crippen LogP contribution in [0.2, 0.25) is 0 Å². The molecule has 0 saturated heterocycles. The van der Waals surface area contributed by atoms with E-state index >= 15 is 0 Å². The first-order valence-electron chi connectivity index (χ1n) is 6.52. The largest absolute Gasteiger partial charge is 0.494 e. The first kappa shape index (κ1) is 15.7. The molecule has 1 aromatic rings. The van der Waals surface area contributed by atoms with E-state index in [1.54, 1.807) is 14.0 Å². The molecule has 0 aliphatic carbocycles. The highest BCUT2D eigenvalue weighted by Gasteiger charge is 2.10. The monoisotopic (exact) mass is 265 g/mol. The third kappa shape index (κ3) is 5.01. The maximum absolute atomic E-state index is 11.5. The summed E-state index contributed by atoms with van der Waals surface area (Å²) in [5, 5.41) is 0. The lowest BCUT2D eigenvalue weighted by Gasteiger charge is -2.19. The second-order valence-electron chi connectivity index (χ2n) is 4.54. The Morgan fingerprint density at radius 2 is 2.11 bits per heavy atom. The zero-order valence-corrected chi connectivity index (χ0v) is 12.2. The van der Waals surface area contributed by atoms with Gasteiger partial charge in [0.15, 0.2) is 5.78 Å². The molecule has 4 nitrogen and oxygen atoms in total. The predicted molar refractivity (Wildman–Crippen MR) is 75.8 cm³/mol. The molecule has 0 aliphatic heterocycles. The zero-order valence-electron chi connectivity index (χ0n) is 12.2. The summed E-state index contributed by atoms with van der Waals surface area (Å²) in [5.41, 5.74) is 1.76. The number of likely N-dealkylation sites (N-methyl/N-ethyl adjacent to an activating group) is 1. The zero-order chi connectivity index (χ0) is 14.3. The number of nitrogens with zero attached hydrogens (tertiary/aromatic N) is 1. The average molecular weight is 265 g/mol. The summed E-state index contributed by atoms with van der Waals surface area (Å²) < 4.78 is 10.7. The van der Waals surface area contributed by atoms with E-state index in [-0.39, 0.29) is 5.78 Å². The van der Waals surface area contributed by atoms with Crippen molar-refractivity contribution in [2.45, 2.75) is 20.4 Å². The van der Waals surface area contributed by atoms with Gasteiger partial charge >= 0.3 is 0 Å². The summed E-state index contributed by atoms with van der Waals surface area (Å²) in [7, 11) is 3.71. The number of benzene rings is 1. The quantitative estimate of drug-likeness (QED) is 0.676. The van der Waals surface area contributed by atoms with Crippen LogP contribution >= 0.6 is 0 Å². The Morgan fingerprint density at radius 1 is 1.37 bits per heavy atom. The minimum Gasteiger partial charge on any atom is -0.494 e. The highest BCUT2D eigenvalue weighted by molar-refractivity contribution is 5.94. The normalized spacial score (nSPS) is 10.8. The van der Waals surface area contributed by atoms with Gasteiger partial charge in [-0.1, -0.05) is 0 Å². The molecule has 0 amide bonds. The van der Waals surface area contributed by atoms with Crippen LogP contribution in [-0.2, 0) is 11.3 Å². The Morgan fingerprint density at radius 3 is 2.68 bits per heavy atom. The van der Waals surface area contributed by atoms with E-state index in [2.05, 4.69) is 4.90 Å². The summed E-state index contributed by atoms with van der Waals surface area (Å²) in [5.74, 6) is 0.917. The van der Waals surface area contributed by atoms with Gasteiger partial charge in [0.1, 0.15) is 5.75 Å². The molecule has 0 aromatic heterocycles. The highest BCUT2D eigenvalue weighted by atomic mass is 16.5. The molecule has 0 bridgehead atoms. The van der Waals surface area contributed by atoms with Crippen molar-refractivity contribution < 1.29 is 14.3 Å². The molecule has 0 spiro atoms. The van der Waals surface area contributed by atoms with Crippen molar-refractivity contribution >= 4 is 5.78 Å². The van der Waals surface area contributed by atoms with Gasteiger partial charge in [-0.05, 0) is 39.1 Å². The molecule has 0 heterocycles. The number of Topliss-reactive ketones (excluding diaryl/α,β-unsaturated/α-hetero) is 1. The molecule has 1 rings (SSSR count). The third-order valence-electron chi connectivity index (χ3n) is 2.88. The number of methoxy groups -OCH3 is 1. The van der Waals surface area contributed by atoms with Crippen LogP contribution in [0.5, 0.6) is 5.75 Å². The van der Waals surface area contributed by atoms with E-state index < -0.39 is 0 Å². The highest BCUT2D eigenvalue weighted by Crippen LogP contribution is 2.22. The van der Waals surface area contributed by atoms with Crippen molar-refractivity contribution in [1.29, 1.82) is 0 Å². The third-order valence-corrected chi connectivity index (χ3v) is 2.88. The number of carbonyl (C=O) groups is 1. The summed E-state index contributed by atoms with van der Waals surface area (Å²) in [6, 6.07) is 5.60. The van der Waals surface area contributed by atoms with Crippen LogP contribution in [0.15, 0.2) is 18.2 Å². The first-order chi connectivity index (χ1) is 9.08. The average Bonchev–Trinajstić information content (AvgIpc) is 2.38. The number of hydrogen-bond acceptors (Lipinski definition) is 4. The molecule has 0 N–H and O–H groups in total. The number of carbonyl (C=O) groups excluding carboxylic acids is 1. The molecular formula is C15H23NO3. The Hall–Kier alpha value is -1.39. The van der Waals surface area contributed by atoms with Crippen LogP contribution in [0.25, 0.3) is 0 Å². The minimum atomic E-state index is 0.0730. The van der Waals surface area contributed by atoms with Crippen LogP contribution in [0.1, 0.15) is 29.8 Å². The van der Waals surface area contributed by atoms with Gasteiger partial charge in [0.25, 0.3) is 0 Å². The lowest BCUT2D eigenvalue weighted by Crippen LogP contribution is -2.22. The van der Waals surface area contributed by atoms with Gasteiger partial charge in [-0.2, -0.15) is 0 Å². The number of hydrogen-bond donors (Lipinski definition) is 0. The minimum absolute atomic E-state index is 0.0730. The van der Waals surface area contributed by atoms with Crippen LogP contribution in [-0.4, -0.2) is 44.6 Å². The fourth-order valence-corrected chi connectivity index (χ4v) is 1.84. The van der Waals surface area contributed by atoms with Crippen molar-refractivity contribution in [3.63, 3.8) is 0 Å². The fraction of sp³-hybridized carbons (Fsp3) is 0.533. The molecule has 0 unspecified atom stereocenters. The van der Waals surface area contributed by atoms with E-state index in [9.17, 15) is 4.79 Å². The molecule has 0 fully saturated rings. The molecular weight excluding hydrogens is 242 g/mol. The molecule has 1 aromatic carbocycles. The summed E-state index contributed by atoms with van der Waals surface area (Å²) in [6.07, 6.45) is 0. The molecule has 19 heavy (non-hydrogen) atoms. The van der Waals surface area contributed by atoms with Gasteiger partial charge in [0.2, 0.25) is 0 Å². The number of ketones is 1.